The summed E-state index contributed by atoms with van der Waals surface area (Å²) in [6, 6.07) is 15.7. The number of fused-ring (bicyclic) bond motifs is 1. The first-order valence-corrected chi connectivity index (χ1v) is 5.85. The van der Waals surface area contributed by atoms with Crippen LogP contribution in [0, 0.1) is 0 Å². The SMILES string of the molecule is CC(C)N(C)Cc1cccc2ccccc12. The Morgan fingerprint density at radius 3 is 2.44 bits per heavy atom. The van der Waals surface area contributed by atoms with Crippen molar-refractivity contribution in [3.63, 3.8) is 0 Å². The van der Waals surface area contributed by atoms with Crippen LogP contribution < -0.4 is 0 Å². The molecule has 0 radical (unpaired) electrons. The van der Waals surface area contributed by atoms with E-state index in [9.17, 15) is 0 Å². The Balaban J connectivity index is 2.37. The van der Waals surface area contributed by atoms with Crippen LogP contribution in [0.4, 0.5) is 0 Å². The van der Waals surface area contributed by atoms with Crippen molar-refractivity contribution >= 4 is 10.8 Å². The highest BCUT2D eigenvalue weighted by Gasteiger charge is 2.06. The zero-order valence-electron chi connectivity index (χ0n) is 10.3. The Morgan fingerprint density at radius 2 is 1.69 bits per heavy atom. The first kappa shape index (κ1) is 11.2. The number of hydrogen-bond acceptors (Lipinski definition) is 1. The van der Waals surface area contributed by atoms with Crippen LogP contribution in [0.3, 0.4) is 0 Å². The standard InChI is InChI=1S/C15H19N/c1-12(2)16(3)11-14-9-6-8-13-7-4-5-10-15(13)14/h4-10,12H,11H2,1-3H3. The molecule has 0 unspecified atom stereocenters. The second-order valence-electron chi connectivity index (χ2n) is 4.65. The Bertz CT molecular complexity index is 468. The Hall–Kier alpha value is -1.34. The molecule has 0 saturated heterocycles. The van der Waals surface area contributed by atoms with Crippen LogP contribution in [0.25, 0.3) is 10.8 Å². The van der Waals surface area contributed by atoms with Gasteiger partial charge in [-0.05, 0) is 37.2 Å². The van der Waals surface area contributed by atoms with E-state index >= 15 is 0 Å². The van der Waals surface area contributed by atoms with Crippen molar-refractivity contribution in [1.82, 2.24) is 4.90 Å². The highest BCUT2D eigenvalue weighted by Crippen LogP contribution is 2.20. The van der Waals surface area contributed by atoms with Gasteiger partial charge in [0.05, 0.1) is 0 Å². The lowest BCUT2D eigenvalue weighted by molar-refractivity contribution is 0.267. The van der Waals surface area contributed by atoms with E-state index in [0.29, 0.717) is 6.04 Å². The molecule has 0 fully saturated rings. The summed E-state index contributed by atoms with van der Waals surface area (Å²) in [7, 11) is 2.17. The third-order valence-corrected chi connectivity index (χ3v) is 3.18. The molecule has 0 N–H and O–H groups in total. The zero-order valence-corrected chi connectivity index (χ0v) is 10.3. The molecule has 0 atom stereocenters. The molecule has 16 heavy (non-hydrogen) atoms. The van der Waals surface area contributed by atoms with Gasteiger partial charge in [-0.15, -0.1) is 0 Å². The fourth-order valence-corrected chi connectivity index (χ4v) is 1.88. The van der Waals surface area contributed by atoms with Crippen molar-refractivity contribution in [3.8, 4) is 0 Å². The van der Waals surface area contributed by atoms with Crippen molar-refractivity contribution < 1.29 is 0 Å². The third kappa shape index (κ3) is 2.25. The minimum absolute atomic E-state index is 0.582. The monoisotopic (exact) mass is 213 g/mol. The Morgan fingerprint density at radius 1 is 1.00 bits per heavy atom. The predicted octanol–water partition coefficient (Wildman–Crippen LogP) is 3.68. The number of nitrogens with zero attached hydrogens (tertiary/aromatic N) is 1. The van der Waals surface area contributed by atoms with Gasteiger partial charge < -0.3 is 0 Å². The first-order chi connectivity index (χ1) is 7.68. The second-order valence-corrected chi connectivity index (χ2v) is 4.65. The van der Waals surface area contributed by atoms with Gasteiger partial charge in [0, 0.05) is 12.6 Å². The molecule has 2 aromatic rings. The minimum Gasteiger partial charge on any atom is -0.300 e. The summed E-state index contributed by atoms with van der Waals surface area (Å²) in [6.07, 6.45) is 0. The lowest BCUT2D eigenvalue weighted by Gasteiger charge is -2.21. The van der Waals surface area contributed by atoms with Crippen molar-refractivity contribution in [2.45, 2.75) is 26.4 Å². The van der Waals surface area contributed by atoms with Crippen LogP contribution in [-0.4, -0.2) is 18.0 Å². The molecule has 0 saturated carbocycles. The summed E-state index contributed by atoms with van der Waals surface area (Å²) >= 11 is 0. The molecule has 1 heteroatoms. The van der Waals surface area contributed by atoms with E-state index in [0.717, 1.165) is 6.54 Å². The highest BCUT2D eigenvalue weighted by molar-refractivity contribution is 5.85. The van der Waals surface area contributed by atoms with E-state index in [4.69, 9.17) is 0 Å². The van der Waals surface area contributed by atoms with E-state index in [1.54, 1.807) is 0 Å². The molecule has 1 nitrogen and oxygen atoms in total. The number of hydrogen-bond donors (Lipinski definition) is 0. The molecule has 84 valence electrons. The van der Waals surface area contributed by atoms with E-state index in [-0.39, 0.29) is 0 Å². The summed E-state index contributed by atoms with van der Waals surface area (Å²) in [4.78, 5) is 2.36. The predicted molar refractivity (Wildman–Crippen MR) is 70.6 cm³/mol. The summed E-state index contributed by atoms with van der Waals surface area (Å²) in [5.41, 5.74) is 1.41. The van der Waals surface area contributed by atoms with Gasteiger partial charge in [0.25, 0.3) is 0 Å². The Labute approximate surface area is 97.7 Å². The molecule has 0 heterocycles. The molecule has 0 spiro atoms. The van der Waals surface area contributed by atoms with Gasteiger partial charge in [-0.3, -0.25) is 4.90 Å². The minimum atomic E-state index is 0.582. The molecule has 0 aliphatic carbocycles. The van der Waals surface area contributed by atoms with Crippen molar-refractivity contribution in [3.05, 3.63) is 48.0 Å². The van der Waals surface area contributed by atoms with Crippen LogP contribution in [-0.2, 0) is 6.54 Å². The fourth-order valence-electron chi connectivity index (χ4n) is 1.88. The van der Waals surface area contributed by atoms with Crippen LogP contribution in [0.15, 0.2) is 42.5 Å². The lowest BCUT2D eigenvalue weighted by Crippen LogP contribution is -2.25. The van der Waals surface area contributed by atoms with Gasteiger partial charge in [0.2, 0.25) is 0 Å². The van der Waals surface area contributed by atoms with Gasteiger partial charge >= 0.3 is 0 Å². The van der Waals surface area contributed by atoms with E-state index in [1.165, 1.54) is 16.3 Å². The third-order valence-electron chi connectivity index (χ3n) is 3.18. The summed E-state index contributed by atoms with van der Waals surface area (Å²) in [5.74, 6) is 0. The topological polar surface area (TPSA) is 3.24 Å². The summed E-state index contributed by atoms with van der Waals surface area (Å²) in [6.45, 7) is 5.47. The molecule has 0 aliphatic heterocycles. The molecule has 2 rings (SSSR count). The molecule has 0 aromatic heterocycles. The van der Waals surface area contributed by atoms with Crippen LogP contribution in [0.5, 0.6) is 0 Å². The Kier molecular flexibility index (Phi) is 3.25. The quantitative estimate of drug-likeness (QED) is 0.751. The maximum atomic E-state index is 2.36. The van der Waals surface area contributed by atoms with Gasteiger partial charge in [-0.2, -0.15) is 0 Å². The second kappa shape index (κ2) is 4.67. The van der Waals surface area contributed by atoms with Gasteiger partial charge in [-0.25, -0.2) is 0 Å². The van der Waals surface area contributed by atoms with Crippen molar-refractivity contribution in [2.75, 3.05) is 7.05 Å². The van der Waals surface area contributed by atoms with Crippen molar-refractivity contribution in [2.24, 2.45) is 0 Å². The van der Waals surface area contributed by atoms with E-state index in [2.05, 4.69) is 68.3 Å². The van der Waals surface area contributed by atoms with Gasteiger partial charge in [-0.1, -0.05) is 42.5 Å². The number of benzene rings is 2. The molecule has 0 aliphatic rings. The van der Waals surface area contributed by atoms with E-state index < -0.39 is 0 Å². The zero-order chi connectivity index (χ0) is 11.5. The summed E-state index contributed by atoms with van der Waals surface area (Å²) < 4.78 is 0. The molecular weight excluding hydrogens is 194 g/mol. The first-order valence-electron chi connectivity index (χ1n) is 5.85. The van der Waals surface area contributed by atoms with Gasteiger partial charge in [0.15, 0.2) is 0 Å². The van der Waals surface area contributed by atoms with Gasteiger partial charge in [0.1, 0.15) is 0 Å². The smallest absolute Gasteiger partial charge is 0.0239 e. The normalized spacial score (nSPS) is 11.6. The summed E-state index contributed by atoms with van der Waals surface area (Å²) in [5, 5.41) is 2.70. The van der Waals surface area contributed by atoms with E-state index in [1.807, 2.05) is 0 Å². The maximum Gasteiger partial charge on any atom is 0.0239 e. The molecule has 0 bridgehead atoms. The van der Waals surface area contributed by atoms with Crippen LogP contribution in [0.1, 0.15) is 19.4 Å². The highest BCUT2D eigenvalue weighted by atomic mass is 15.1. The van der Waals surface area contributed by atoms with Crippen LogP contribution >= 0.6 is 0 Å². The average molecular weight is 213 g/mol. The molecular formula is C15H19N. The lowest BCUT2D eigenvalue weighted by atomic mass is 10.0. The largest absolute Gasteiger partial charge is 0.300 e. The van der Waals surface area contributed by atoms with Crippen LogP contribution in [0.2, 0.25) is 0 Å². The maximum absolute atomic E-state index is 2.36. The number of rotatable bonds is 3. The average Bonchev–Trinajstić information content (AvgIpc) is 2.29. The molecule has 2 aromatic carbocycles. The fraction of sp³-hybridized carbons (Fsp3) is 0.333. The van der Waals surface area contributed by atoms with Crippen molar-refractivity contribution in [1.29, 1.82) is 0 Å². The molecule has 0 amide bonds.